The van der Waals surface area contributed by atoms with Crippen molar-refractivity contribution in [3.8, 4) is 11.6 Å². The third-order valence-electron chi connectivity index (χ3n) is 2.65. The number of imidazole rings is 2. The van der Waals surface area contributed by atoms with Crippen molar-refractivity contribution in [1.29, 1.82) is 0 Å². The summed E-state index contributed by atoms with van der Waals surface area (Å²) in [6, 6.07) is 0. The Bertz CT molecular complexity index is 802. The molecular formula is C10H6N8O4. The maximum absolute atomic E-state index is 10.6. The molecular weight excluding hydrogens is 296 g/mol. The highest BCUT2D eigenvalue weighted by Crippen LogP contribution is 2.14. The lowest BCUT2D eigenvalue weighted by molar-refractivity contribution is -0.389. The Hall–Kier alpha value is -3.70. The largest absolute Gasteiger partial charge is 0.381 e. The molecule has 0 aromatic carbocycles. The number of hydrogen-bond donors (Lipinski definition) is 0. The van der Waals surface area contributed by atoms with Crippen LogP contribution in [0.4, 0.5) is 11.6 Å². The van der Waals surface area contributed by atoms with Gasteiger partial charge in [0.25, 0.3) is 0 Å². The Morgan fingerprint density at radius 1 is 0.864 bits per heavy atom. The molecule has 3 heterocycles. The fourth-order valence-electron chi connectivity index (χ4n) is 1.66. The van der Waals surface area contributed by atoms with Crippen molar-refractivity contribution in [3.63, 3.8) is 0 Å². The van der Waals surface area contributed by atoms with E-state index in [-0.39, 0.29) is 23.3 Å². The molecule has 3 aromatic rings. The van der Waals surface area contributed by atoms with Crippen LogP contribution in [0.25, 0.3) is 11.6 Å². The Balaban J connectivity index is 1.97. The molecule has 0 aliphatic carbocycles. The molecule has 0 spiro atoms. The minimum absolute atomic E-state index is 0.273. The molecule has 0 unspecified atom stereocenters. The van der Waals surface area contributed by atoms with Gasteiger partial charge in [-0.25, -0.2) is 4.98 Å². The van der Waals surface area contributed by atoms with Crippen molar-refractivity contribution in [2.45, 2.75) is 0 Å². The summed E-state index contributed by atoms with van der Waals surface area (Å²) in [6.07, 6.45) is 7.57. The van der Waals surface area contributed by atoms with Crippen LogP contribution in [0.2, 0.25) is 0 Å². The van der Waals surface area contributed by atoms with Crippen LogP contribution in [0.15, 0.2) is 37.4 Å². The monoisotopic (exact) mass is 302 g/mol. The van der Waals surface area contributed by atoms with Crippen LogP contribution in [-0.2, 0) is 0 Å². The lowest BCUT2D eigenvalue weighted by Gasteiger charge is -2.02. The first-order chi connectivity index (χ1) is 10.5. The van der Waals surface area contributed by atoms with Crippen molar-refractivity contribution < 1.29 is 9.85 Å². The molecule has 12 nitrogen and oxygen atoms in total. The van der Waals surface area contributed by atoms with Crippen LogP contribution in [0, 0.1) is 20.2 Å². The first-order valence-electron chi connectivity index (χ1n) is 5.74. The summed E-state index contributed by atoms with van der Waals surface area (Å²) in [6.45, 7) is 0. The van der Waals surface area contributed by atoms with Gasteiger partial charge in [0.1, 0.15) is 12.4 Å². The quantitative estimate of drug-likeness (QED) is 0.504. The van der Waals surface area contributed by atoms with Crippen LogP contribution in [0.3, 0.4) is 0 Å². The zero-order valence-corrected chi connectivity index (χ0v) is 10.7. The number of nitrogens with zero attached hydrogens (tertiary/aromatic N) is 8. The van der Waals surface area contributed by atoms with Crippen LogP contribution in [0.5, 0.6) is 0 Å². The van der Waals surface area contributed by atoms with E-state index >= 15 is 0 Å². The molecule has 0 aliphatic rings. The standard InChI is InChI=1S/C10H6N8O4/c19-17(20)9-3-15(5-12-9)7-1-11-2-8(14-7)16-4-10(13-6-16)18(21)22/h1-6H. The first-order valence-corrected chi connectivity index (χ1v) is 5.74. The van der Waals surface area contributed by atoms with Gasteiger partial charge in [-0.05, 0) is 19.8 Å². The van der Waals surface area contributed by atoms with Gasteiger partial charge in [-0.3, -0.25) is 14.1 Å². The zero-order valence-electron chi connectivity index (χ0n) is 10.7. The molecule has 0 N–H and O–H groups in total. The van der Waals surface area contributed by atoms with E-state index in [9.17, 15) is 20.2 Å². The number of hydrogen-bond acceptors (Lipinski definition) is 8. The Kier molecular flexibility index (Phi) is 3.02. The summed E-state index contributed by atoms with van der Waals surface area (Å²) in [5, 5.41) is 21.2. The molecule has 0 fully saturated rings. The van der Waals surface area contributed by atoms with E-state index in [0.29, 0.717) is 0 Å². The van der Waals surface area contributed by atoms with Crippen molar-refractivity contribution >= 4 is 11.6 Å². The molecule has 12 heteroatoms. The van der Waals surface area contributed by atoms with Gasteiger partial charge in [0.2, 0.25) is 12.7 Å². The van der Waals surface area contributed by atoms with Gasteiger partial charge in [-0.15, -0.1) is 0 Å². The Morgan fingerprint density at radius 2 is 1.32 bits per heavy atom. The third-order valence-corrected chi connectivity index (χ3v) is 2.65. The molecule has 22 heavy (non-hydrogen) atoms. The van der Waals surface area contributed by atoms with Crippen molar-refractivity contribution in [2.75, 3.05) is 0 Å². The van der Waals surface area contributed by atoms with Gasteiger partial charge < -0.3 is 20.2 Å². The van der Waals surface area contributed by atoms with E-state index in [1.165, 1.54) is 46.6 Å². The second kappa shape index (κ2) is 5.01. The molecule has 0 saturated carbocycles. The highest BCUT2D eigenvalue weighted by atomic mass is 16.6. The average Bonchev–Trinajstić information content (AvgIpc) is 3.17. The van der Waals surface area contributed by atoms with Crippen molar-refractivity contribution in [3.05, 3.63) is 57.7 Å². The predicted molar refractivity (Wildman–Crippen MR) is 69.6 cm³/mol. The third kappa shape index (κ3) is 2.35. The maximum atomic E-state index is 10.6. The maximum Gasteiger partial charge on any atom is 0.381 e. The van der Waals surface area contributed by atoms with Gasteiger partial charge in [-0.2, -0.15) is 0 Å². The van der Waals surface area contributed by atoms with E-state index in [1.807, 2.05) is 0 Å². The van der Waals surface area contributed by atoms with Crippen LogP contribution in [-0.4, -0.2) is 38.9 Å². The highest BCUT2D eigenvalue weighted by molar-refractivity contribution is 5.31. The molecule has 0 bridgehead atoms. The van der Waals surface area contributed by atoms with Gasteiger partial charge >= 0.3 is 11.6 Å². The lowest BCUT2D eigenvalue weighted by Crippen LogP contribution is -2.01. The number of nitro groups is 2. The van der Waals surface area contributed by atoms with Crippen LogP contribution >= 0.6 is 0 Å². The van der Waals surface area contributed by atoms with Crippen molar-refractivity contribution in [1.82, 2.24) is 29.1 Å². The second-order valence-corrected chi connectivity index (χ2v) is 4.03. The minimum Gasteiger partial charge on any atom is -0.358 e. The topological polar surface area (TPSA) is 148 Å². The summed E-state index contributed by atoms with van der Waals surface area (Å²) in [4.78, 5) is 35.3. The average molecular weight is 302 g/mol. The van der Waals surface area contributed by atoms with Crippen molar-refractivity contribution in [2.24, 2.45) is 0 Å². The van der Waals surface area contributed by atoms with Gasteiger partial charge in [0, 0.05) is 0 Å². The first kappa shape index (κ1) is 13.3. The molecule has 0 atom stereocenters. The summed E-state index contributed by atoms with van der Waals surface area (Å²) < 4.78 is 2.64. The molecule has 110 valence electrons. The van der Waals surface area contributed by atoms with Gasteiger partial charge in [0.05, 0.1) is 12.4 Å². The normalized spacial score (nSPS) is 10.5. The Labute approximate surface area is 121 Å². The number of aromatic nitrogens is 6. The smallest absolute Gasteiger partial charge is 0.358 e. The van der Waals surface area contributed by atoms with Gasteiger partial charge in [0.15, 0.2) is 11.6 Å². The molecule has 0 saturated heterocycles. The van der Waals surface area contributed by atoms with Gasteiger partial charge in [-0.1, -0.05) is 0 Å². The molecule has 3 aromatic heterocycles. The highest BCUT2D eigenvalue weighted by Gasteiger charge is 2.14. The van der Waals surface area contributed by atoms with Crippen LogP contribution < -0.4 is 0 Å². The van der Waals surface area contributed by atoms with E-state index in [4.69, 9.17) is 0 Å². The Morgan fingerprint density at radius 3 is 1.68 bits per heavy atom. The minimum atomic E-state index is -0.632. The fourth-order valence-corrected chi connectivity index (χ4v) is 1.66. The summed E-state index contributed by atoms with van der Waals surface area (Å²) in [7, 11) is 0. The van der Waals surface area contributed by atoms with E-state index < -0.39 is 9.85 Å². The summed E-state index contributed by atoms with van der Waals surface area (Å²) in [5.74, 6) is -0.111. The van der Waals surface area contributed by atoms with E-state index in [1.54, 1.807) is 0 Å². The summed E-state index contributed by atoms with van der Waals surface area (Å²) in [5.41, 5.74) is 0. The molecule has 0 aliphatic heterocycles. The van der Waals surface area contributed by atoms with Crippen LogP contribution in [0.1, 0.15) is 0 Å². The zero-order chi connectivity index (χ0) is 15.7. The molecule has 3 rings (SSSR count). The van der Waals surface area contributed by atoms with E-state index in [0.717, 1.165) is 0 Å². The lowest BCUT2D eigenvalue weighted by atomic mass is 10.6. The molecule has 0 amide bonds. The summed E-state index contributed by atoms with van der Waals surface area (Å²) >= 11 is 0. The predicted octanol–water partition coefficient (Wildman–Crippen LogP) is 0.664. The SMILES string of the molecule is O=[N+]([O-])c1cn(-c2cncc(-n3cnc([N+](=O)[O-])c3)n2)cn1. The molecule has 0 radical (unpaired) electrons. The number of rotatable bonds is 4. The second-order valence-electron chi connectivity index (χ2n) is 4.03. The van der Waals surface area contributed by atoms with E-state index in [2.05, 4.69) is 19.9 Å². The fraction of sp³-hybridized carbons (Fsp3) is 0.